The Bertz CT molecular complexity index is 520. The largest absolute Gasteiger partial charge is 0.363 e. The summed E-state index contributed by atoms with van der Waals surface area (Å²) in [4.78, 5) is 28.7. The molecule has 1 aromatic rings. The van der Waals surface area contributed by atoms with E-state index in [4.69, 9.17) is 0 Å². The summed E-state index contributed by atoms with van der Waals surface area (Å²) in [6.45, 7) is 2.50. The van der Waals surface area contributed by atoms with E-state index in [-0.39, 0.29) is 16.9 Å². The van der Waals surface area contributed by atoms with Gasteiger partial charge in [0, 0.05) is 25.5 Å². The van der Waals surface area contributed by atoms with Crippen molar-refractivity contribution < 1.29 is 4.79 Å². The minimum atomic E-state index is -0.241. The summed E-state index contributed by atoms with van der Waals surface area (Å²) in [5.74, 6) is 0.570. The monoisotopic (exact) mass is 312 g/mol. The van der Waals surface area contributed by atoms with Gasteiger partial charge in [0.05, 0.1) is 4.47 Å². The molecule has 18 heavy (non-hydrogen) atoms. The lowest BCUT2D eigenvalue weighted by molar-refractivity contribution is 0.0790. The van der Waals surface area contributed by atoms with Crippen LogP contribution in [0, 0.1) is 12.8 Å². The number of hydrogen-bond donors (Lipinski definition) is 1. The first-order valence-electron chi connectivity index (χ1n) is 6.14. The summed E-state index contributed by atoms with van der Waals surface area (Å²) >= 11 is 3.21. The van der Waals surface area contributed by atoms with Gasteiger partial charge in [-0.1, -0.05) is 12.8 Å². The zero-order chi connectivity index (χ0) is 13.3. The number of halogens is 1. The Hall–Kier alpha value is -1.10. The van der Waals surface area contributed by atoms with Crippen LogP contribution in [0.3, 0.4) is 0 Å². The molecule has 4 nitrogen and oxygen atoms in total. The number of pyridine rings is 1. The Morgan fingerprint density at radius 3 is 2.83 bits per heavy atom. The normalized spacial score (nSPS) is 14.6. The Morgan fingerprint density at radius 1 is 1.56 bits per heavy atom. The van der Waals surface area contributed by atoms with Crippen LogP contribution in [-0.2, 0) is 0 Å². The van der Waals surface area contributed by atoms with Crippen LogP contribution < -0.4 is 5.43 Å². The van der Waals surface area contributed by atoms with Crippen molar-refractivity contribution in [3.05, 3.63) is 32.2 Å². The summed E-state index contributed by atoms with van der Waals surface area (Å²) in [7, 11) is 1.75. The Labute approximate surface area is 115 Å². The van der Waals surface area contributed by atoms with Crippen molar-refractivity contribution in [2.45, 2.75) is 26.2 Å². The molecule has 5 heteroatoms. The van der Waals surface area contributed by atoms with Gasteiger partial charge in [-0.2, -0.15) is 0 Å². The van der Waals surface area contributed by atoms with Crippen LogP contribution in [0.2, 0.25) is 0 Å². The minimum Gasteiger partial charge on any atom is -0.363 e. The Morgan fingerprint density at radius 2 is 2.22 bits per heavy atom. The van der Waals surface area contributed by atoms with E-state index in [2.05, 4.69) is 20.9 Å². The number of carbonyl (C=O) groups excluding carboxylic acids is 1. The van der Waals surface area contributed by atoms with Crippen molar-refractivity contribution in [2.24, 2.45) is 5.92 Å². The predicted octanol–water partition coefficient (Wildman–Crippen LogP) is 2.32. The second kappa shape index (κ2) is 5.26. The first kappa shape index (κ1) is 13.3. The van der Waals surface area contributed by atoms with Crippen molar-refractivity contribution in [2.75, 3.05) is 13.6 Å². The standard InChI is InChI=1S/C13H17BrN2O2/c1-8-11(14)12(17)10(7-15-8)13(18)16(2)6-5-9-3-4-9/h7,9H,3-6H2,1-2H3,(H,15,17). The zero-order valence-corrected chi connectivity index (χ0v) is 12.2. The lowest BCUT2D eigenvalue weighted by atomic mass is 10.2. The average Bonchev–Trinajstić information content (AvgIpc) is 3.16. The molecule has 1 N–H and O–H groups in total. The zero-order valence-electron chi connectivity index (χ0n) is 10.6. The number of hydrogen-bond acceptors (Lipinski definition) is 2. The lowest BCUT2D eigenvalue weighted by Crippen LogP contribution is -2.32. The first-order chi connectivity index (χ1) is 8.50. The molecule has 1 amide bonds. The maximum atomic E-state index is 12.1. The third kappa shape index (κ3) is 2.83. The fourth-order valence-electron chi connectivity index (χ4n) is 1.85. The highest BCUT2D eigenvalue weighted by molar-refractivity contribution is 9.10. The maximum absolute atomic E-state index is 12.1. The molecule has 0 aliphatic heterocycles. The van der Waals surface area contributed by atoms with Crippen LogP contribution in [0.15, 0.2) is 15.5 Å². The van der Waals surface area contributed by atoms with Crippen molar-refractivity contribution in [3.8, 4) is 0 Å². The fourth-order valence-corrected chi connectivity index (χ4v) is 2.17. The number of carbonyl (C=O) groups is 1. The summed E-state index contributed by atoms with van der Waals surface area (Å²) in [6.07, 6.45) is 5.09. The summed E-state index contributed by atoms with van der Waals surface area (Å²) < 4.78 is 0.434. The van der Waals surface area contributed by atoms with Crippen LogP contribution >= 0.6 is 15.9 Å². The van der Waals surface area contributed by atoms with Gasteiger partial charge in [-0.15, -0.1) is 0 Å². The topological polar surface area (TPSA) is 53.2 Å². The van der Waals surface area contributed by atoms with Gasteiger partial charge >= 0.3 is 0 Å². The molecule has 1 fully saturated rings. The quantitative estimate of drug-likeness (QED) is 0.927. The summed E-state index contributed by atoms with van der Waals surface area (Å²) in [6, 6.07) is 0. The van der Waals surface area contributed by atoms with E-state index in [1.54, 1.807) is 18.9 Å². The number of H-pyrrole nitrogens is 1. The fraction of sp³-hybridized carbons (Fsp3) is 0.538. The van der Waals surface area contributed by atoms with Crippen molar-refractivity contribution in [1.82, 2.24) is 9.88 Å². The molecule has 1 aliphatic carbocycles. The molecule has 0 aromatic carbocycles. The first-order valence-corrected chi connectivity index (χ1v) is 6.93. The van der Waals surface area contributed by atoms with Crippen molar-refractivity contribution in [1.29, 1.82) is 0 Å². The molecule has 0 saturated heterocycles. The minimum absolute atomic E-state index is 0.200. The second-order valence-corrected chi connectivity index (χ2v) is 5.72. The molecule has 1 heterocycles. The van der Waals surface area contributed by atoms with Crippen LogP contribution in [-0.4, -0.2) is 29.4 Å². The van der Waals surface area contributed by atoms with E-state index in [1.807, 2.05) is 0 Å². The molecule has 0 unspecified atom stereocenters. The highest BCUT2D eigenvalue weighted by atomic mass is 79.9. The van der Waals surface area contributed by atoms with Gasteiger partial charge in [0.25, 0.3) is 5.91 Å². The van der Waals surface area contributed by atoms with Crippen molar-refractivity contribution >= 4 is 21.8 Å². The number of nitrogens with zero attached hydrogens (tertiary/aromatic N) is 1. The number of aromatic nitrogens is 1. The van der Waals surface area contributed by atoms with Gasteiger partial charge in [0.15, 0.2) is 0 Å². The number of aromatic amines is 1. The van der Waals surface area contributed by atoms with E-state index in [9.17, 15) is 9.59 Å². The molecule has 1 aromatic heterocycles. The smallest absolute Gasteiger partial charge is 0.259 e. The Kier molecular flexibility index (Phi) is 3.90. The van der Waals surface area contributed by atoms with Gasteiger partial charge in [0.1, 0.15) is 5.56 Å². The van der Waals surface area contributed by atoms with Gasteiger partial charge in [-0.3, -0.25) is 9.59 Å². The molecular weight excluding hydrogens is 296 g/mol. The van der Waals surface area contributed by atoms with Crippen LogP contribution in [0.4, 0.5) is 0 Å². The van der Waals surface area contributed by atoms with Gasteiger partial charge in [-0.05, 0) is 35.2 Å². The van der Waals surface area contributed by atoms with E-state index in [1.165, 1.54) is 19.0 Å². The van der Waals surface area contributed by atoms with E-state index >= 15 is 0 Å². The molecular formula is C13H17BrN2O2. The maximum Gasteiger partial charge on any atom is 0.259 e. The molecule has 0 bridgehead atoms. The number of nitrogens with one attached hydrogen (secondary N) is 1. The van der Waals surface area contributed by atoms with Gasteiger partial charge in [0.2, 0.25) is 5.43 Å². The van der Waals surface area contributed by atoms with Crippen LogP contribution in [0.25, 0.3) is 0 Å². The average molecular weight is 313 g/mol. The molecule has 1 saturated carbocycles. The number of rotatable bonds is 4. The van der Waals surface area contributed by atoms with E-state index < -0.39 is 0 Å². The van der Waals surface area contributed by atoms with Crippen molar-refractivity contribution in [3.63, 3.8) is 0 Å². The third-order valence-electron chi connectivity index (χ3n) is 3.35. The molecule has 0 spiro atoms. The van der Waals surface area contributed by atoms with Crippen LogP contribution in [0.1, 0.15) is 35.3 Å². The predicted molar refractivity (Wildman–Crippen MR) is 73.8 cm³/mol. The van der Waals surface area contributed by atoms with Gasteiger partial charge in [-0.25, -0.2) is 0 Å². The van der Waals surface area contributed by atoms with E-state index in [0.717, 1.165) is 18.0 Å². The summed E-state index contributed by atoms with van der Waals surface area (Å²) in [5.41, 5.74) is 0.692. The van der Waals surface area contributed by atoms with Gasteiger partial charge < -0.3 is 9.88 Å². The molecule has 2 rings (SSSR count). The van der Waals surface area contributed by atoms with E-state index in [0.29, 0.717) is 11.0 Å². The highest BCUT2D eigenvalue weighted by Crippen LogP contribution is 2.32. The number of aryl methyl sites for hydroxylation is 1. The molecule has 98 valence electrons. The molecule has 0 radical (unpaired) electrons. The highest BCUT2D eigenvalue weighted by Gasteiger charge is 2.23. The van der Waals surface area contributed by atoms with Crippen LogP contribution in [0.5, 0.6) is 0 Å². The summed E-state index contributed by atoms with van der Waals surface area (Å²) in [5, 5.41) is 0. The molecule has 0 atom stereocenters. The SMILES string of the molecule is Cc1[nH]cc(C(=O)N(C)CCC2CC2)c(=O)c1Br. The lowest BCUT2D eigenvalue weighted by Gasteiger charge is -2.16. The second-order valence-electron chi connectivity index (χ2n) is 4.93. The third-order valence-corrected chi connectivity index (χ3v) is 4.31. The molecule has 1 aliphatic rings. The Balaban J connectivity index is 2.12. The number of amides is 1.